The number of fused-ring (bicyclic) bond motifs is 1. The molecule has 3 rings (SSSR count). The van der Waals surface area contributed by atoms with Crippen LogP contribution in [0.3, 0.4) is 0 Å². The third-order valence-electron chi connectivity index (χ3n) is 3.75. The molecule has 108 valence electrons. The van der Waals surface area contributed by atoms with Crippen LogP contribution in [0.4, 0.5) is 0 Å². The van der Waals surface area contributed by atoms with Crippen molar-refractivity contribution in [2.24, 2.45) is 5.92 Å². The fourth-order valence-corrected chi connectivity index (χ4v) is 3.36. The highest BCUT2D eigenvalue weighted by Crippen LogP contribution is 2.41. The SMILES string of the molecule is CSc1cc2c(cc1C1CC(C(=O)O)CN1)OCCO2. The minimum Gasteiger partial charge on any atom is -0.486 e. The highest BCUT2D eigenvalue weighted by Gasteiger charge is 2.32. The number of carboxylic acid groups (broad SMARTS) is 1. The average molecular weight is 295 g/mol. The van der Waals surface area contributed by atoms with Crippen LogP contribution in [0.5, 0.6) is 11.5 Å². The summed E-state index contributed by atoms with van der Waals surface area (Å²) in [5, 5.41) is 12.4. The lowest BCUT2D eigenvalue weighted by molar-refractivity contribution is -0.141. The van der Waals surface area contributed by atoms with Crippen LogP contribution in [0.2, 0.25) is 0 Å². The third-order valence-corrected chi connectivity index (χ3v) is 4.54. The fraction of sp³-hybridized carbons (Fsp3) is 0.500. The molecule has 1 fully saturated rings. The van der Waals surface area contributed by atoms with E-state index in [0.29, 0.717) is 26.2 Å². The number of carbonyl (C=O) groups is 1. The van der Waals surface area contributed by atoms with Gasteiger partial charge in [0, 0.05) is 17.5 Å². The van der Waals surface area contributed by atoms with Gasteiger partial charge in [0.05, 0.1) is 5.92 Å². The largest absolute Gasteiger partial charge is 0.486 e. The number of carboxylic acids is 1. The molecule has 0 bridgehead atoms. The van der Waals surface area contributed by atoms with Gasteiger partial charge in [0.1, 0.15) is 13.2 Å². The van der Waals surface area contributed by atoms with Gasteiger partial charge in [0.15, 0.2) is 11.5 Å². The third kappa shape index (κ3) is 2.45. The van der Waals surface area contributed by atoms with Gasteiger partial charge in [0.2, 0.25) is 0 Å². The summed E-state index contributed by atoms with van der Waals surface area (Å²) in [5.41, 5.74) is 1.10. The average Bonchev–Trinajstić information content (AvgIpc) is 2.95. The van der Waals surface area contributed by atoms with Gasteiger partial charge in [-0.2, -0.15) is 0 Å². The van der Waals surface area contributed by atoms with Crippen LogP contribution >= 0.6 is 11.8 Å². The lowest BCUT2D eigenvalue weighted by Gasteiger charge is -2.22. The van der Waals surface area contributed by atoms with Crippen molar-refractivity contribution < 1.29 is 19.4 Å². The molecule has 0 spiro atoms. The maximum Gasteiger partial charge on any atom is 0.307 e. The molecule has 2 N–H and O–H groups in total. The van der Waals surface area contributed by atoms with Gasteiger partial charge in [0.25, 0.3) is 0 Å². The van der Waals surface area contributed by atoms with E-state index in [0.717, 1.165) is 22.0 Å². The molecule has 0 aromatic heterocycles. The van der Waals surface area contributed by atoms with E-state index in [2.05, 4.69) is 5.32 Å². The van der Waals surface area contributed by atoms with Crippen LogP contribution in [0.15, 0.2) is 17.0 Å². The Morgan fingerprint density at radius 3 is 2.65 bits per heavy atom. The first kappa shape index (κ1) is 13.6. The Hall–Kier alpha value is -1.40. The number of rotatable bonds is 3. The fourth-order valence-electron chi connectivity index (χ4n) is 2.70. The van der Waals surface area contributed by atoms with Gasteiger partial charge in [-0.25, -0.2) is 0 Å². The number of hydrogen-bond donors (Lipinski definition) is 2. The lowest BCUT2D eigenvalue weighted by atomic mass is 9.99. The Bertz CT molecular complexity index is 534. The smallest absolute Gasteiger partial charge is 0.307 e. The van der Waals surface area contributed by atoms with Crippen molar-refractivity contribution in [3.63, 3.8) is 0 Å². The van der Waals surface area contributed by atoms with Crippen molar-refractivity contribution in [1.29, 1.82) is 0 Å². The van der Waals surface area contributed by atoms with Crippen LogP contribution in [0, 0.1) is 5.92 Å². The van der Waals surface area contributed by atoms with E-state index in [9.17, 15) is 4.79 Å². The topological polar surface area (TPSA) is 67.8 Å². The molecule has 0 saturated carbocycles. The molecule has 1 aromatic carbocycles. The molecule has 2 aliphatic rings. The minimum absolute atomic E-state index is 0.0642. The summed E-state index contributed by atoms with van der Waals surface area (Å²) in [6.07, 6.45) is 2.63. The molecule has 1 aromatic rings. The zero-order valence-electron chi connectivity index (χ0n) is 11.2. The molecular formula is C14H17NO4S. The second-order valence-corrected chi connectivity index (χ2v) is 5.82. The first-order valence-electron chi connectivity index (χ1n) is 6.62. The molecule has 2 unspecified atom stereocenters. The monoisotopic (exact) mass is 295 g/mol. The van der Waals surface area contributed by atoms with E-state index < -0.39 is 5.97 Å². The molecule has 0 aliphatic carbocycles. The normalized spacial score (nSPS) is 24.6. The van der Waals surface area contributed by atoms with Crippen LogP contribution in [0.1, 0.15) is 18.0 Å². The van der Waals surface area contributed by atoms with E-state index in [4.69, 9.17) is 14.6 Å². The number of aliphatic carboxylic acids is 1. The van der Waals surface area contributed by atoms with Gasteiger partial charge >= 0.3 is 5.97 Å². The molecule has 1 saturated heterocycles. The van der Waals surface area contributed by atoms with E-state index in [1.807, 2.05) is 18.4 Å². The highest BCUT2D eigenvalue weighted by molar-refractivity contribution is 7.98. The molecule has 20 heavy (non-hydrogen) atoms. The van der Waals surface area contributed by atoms with Gasteiger partial charge in [-0.05, 0) is 30.4 Å². The number of ether oxygens (including phenoxy) is 2. The second-order valence-electron chi connectivity index (χ2n) is 4.97. The molecule has 0 amide bonds. The zero-order valence-corrected chi connectivity index (χ0v) is 12.0. The van der Waals surface area contributed by atoms with Gasteiger partial charge in [-0.3, -0.25) is 4.79 Å². The van der Waals surface area contributed by atoms with Gasteiger partial charge in [-0.1, -0.05) is 0 Å². The Balaban J connectivity index is 1.90. The standard InChI is InChI=1S/C14H17NO4S/c1-20-13-6-12-11(18-2-3-19-12)5-9(13)10-4-8(7-15-10)14(16)17/h5-6,8,10,15H,2-4,7H2,1H3,(H,16,17). The molecular weight excluding hydrogens is 278 g/mol. The molecule has 0 radical (unpaired) electrons. The summed E-state index contributed by atoms with van der Waals surface area (Å²) in [4.78, 5) is 12.2. The zero-order chi connectivity index (χ0) is 14.1. The Labute approximate surface area is 121 Å². The van der Waals surface area contributed by atoms with Crippen molar-refractivity contribution in [1.82, 2.24) is 5.32 Å². The number of hydrogen-bond acceptors (Lipinski definition) is 5. The summed E-state index contributed by atoms with van der Waals surface area (Å²) >= 11 is 1.64. The van der Waals surface area contributed by atoms with Gasteiger partial charge in [-0.15, -0.1) is 11.8 Å². The van der Waals surface area contributed by atoms with Crippen molar-refractivity contribution >= 4 is 17.7 Å². The lowest BCUT2D eigenvalue weighted by Crippen LogP contribution is -2.18. The summed E-state index contributed by atoms with van der Waals surface area (Å²) in [6.45, 7) is 1.64. The first-order valence-corrected chi connectivity index (χ1v) is 7.85. The summed E-state index contributed by atoms with van der Waals surface area (Å²) < 4.78 is 11.2. The van der Waals surface area contributed by atoms with Crippen molar-refractivity contribution in [2.45, 2.75) is 17.4 Å². The maximum absolute atomic E-state index is 11.1. The molecule has 2 atom stereocenters. The Kier molecular flexibility index (Phi) is 3.76. The summed E-state index contributed by atoms with van der Waals surface area (Å²) in [6, 6.07) is 4.04. The molecule has 2 heterocycles. The van der Waals surface area contributed by atoms with Crippen LogP contribution in [-0.4, -0.2) is 37.1 Å². The van der Waals surface area contributed by atoms with E-state index in [1.54, 1.807) is 11.8 Å². The van der Waals surface area contributed by atoms with Crippen molar-refractivity contribution in [3.8, 4) is 11.5 Å². The molecule has 5 nitrogen and oxygen atoms in total. The first-order chi connectivity index (χ1) is 9.69. The maximum atomic E-state index is 11.1. The van der Waals surface area contributed by atoms with Crippen molar-refractivity contribution in [3.05, 3.63) is 17.7 Å². The second kappa shape index (κ2) is 5.54. The number of thioether (sulfide) groups is 1. The minimum atomic E-state index is -0.733. The van der Waals surface area contributed by atoms with Crippen LogP contribution in [0.25, 0.3) is 0 Å². The summed E-state index contributed by atoms with van der Waals surface area (Å²) in [5.74, 6) is 0.480. The van der Waals surface area contributed by atoms with Crippen LogP contribution in [-0.2, 0) is 4.79 Å². The van der Waals surface area contributed by atoms with Crippen molar-refractivity contribution in [2.75, 3.05) is 26.0 Å². The number of benzene rings is 1. The van der Waals surface area contributed by atoms with E-state index in [-0.39, 0.29) is 12.0 Å². The van der Waals surface area contributed by atoms with Crippen LogP contribution < -0.4 is 14.8 Å². The molecule has 6 heteroatoms. The van der Waals surface area contributed by atoms with Gasteiger partial charge < -0.3 is 19.9 Å². The quantitative estimate of drug-likeness (QED) is 0.830. The molecule has 2 aliphatic heterocycles. The number of nitrogens with one attached hydrogen (secondary N) is 1. The summed E-state index contributed by atoms with van der Waals surface area (Å²) in [7, 11) is 0. The predicted octanol–water partition coefficient (Wildman–Crippen LogP) is 1.91. The predicted molar refractivity (Wildman–Crippen MR) is 75.7 cm³/mol. The van der Waals surface area contributed by atoms with E-state index >= 15 is 0 Å². The highest BCUT2D eigenvalue weighted by atomic mass is 32.2. The van der Waals surface area contributed by atoms with E-state index in [1.165, 1.54) is 0 Å². The Morgan fingerprint density at radius 1 is 1.35 bits per heavy atom. The Morgan fingerprint density at radius 2 is 2.05 bits per heavy atom.